The SMILES string of the molecule is CC(C)C(C)(CN)NC(=O)Cn1nc2ccccn2c1=O. The van der Waals surface area contributed by atoms with Crippen molar-refractivity contribution in [2.75, 3.05) is 6.54 Å². The van der Waals surface area contributed by atoms with E-state index in [1.807, 2.05) is 20.8 Å². The minimum absolute atomic E-state index is 0.122. The van der Waals surface area contributed by atoms with E-state index in [0.29, 0.717) is 12.2 Å². The Morgan fingerprint density at radius 3 is 2.76 bits per heavy atom. The van der Waals surface area contributed by atoms with Crippen LogP contribution in [0.25, 0.3) is 5.65 Å². The first kappa shape index (κ1) is 15.2. The number of hydrogen-bond acceptors (Lipinski definition) is 4. The van der Waals surface area contributed by atoms with E-state index in [-0.39, 0.29) is 24.1 Å². The molecule has 0 fully saturated rings. The first-order valence-electron chi connectivity index (χ1n) is 6.92. The molecule has 7 heteroatoms. The second kappa shape index (κ2) is 5.69. The summed E-state index contributed by atoms with van der Waals surface area (Å²) in [6.07, 6.45) is 1.62. The largest absolute Gasteiger partial charge is 0.350 e. The third-order valence-electron chi connectivity index (χ3n) is 3.91. The lowest BCUT2D eigenvalue weighted by molar-refractivity contribution is -0.124. The first-order valence-corrected chi connectivity index (χ1v) is 6.92. The van der Waals surface area contributed by atoms with Gasteiger partial charge in [-0.05, 0) is 25.0 Å². The average molecular weight is 291 g/mol. The molecule has 0 aliphatic rings. The monoisotopic (exact) mass is 291 g/mol. The molecule has 0 bridgehead atoms. The van der Waals surface area contributed by atoms with E-state index in [0.717, 1.165) is 4.68 Å². The molecule has 114 valence electrons. The van der Waals surface area contributed by atoms with Crippen LogP contribution in [0.3, 0.4) is 0 Å². The number of amides is 1. The van der Waals surface area contributed by atoms with Crippen molar-refractivity contribution < 1.29 is 4.79 Å². The highest BCUT2D eigenvalue weighted by molar-refractivity contribution is 5.76. The molecule has 2 aromatic heterocycles. The van der Waals surface area contributed by atoms with Gasteiger partial charge in [-0.3, -0.25) is 9.20 Å². The van der Waals surface area contributed by atoms with Crippen LogP contribution in [0.4, 0.5) is 0 Å². The van der Waals surface area contributed by atoms with Crippen LogP contribution in [0.15, 0.2) is 29.2 Å². The molecule has 2 rings (SSSR count). The fourth-order valence-electron chi connectivity index (χ4n) is 2.00. The minimum atomic E-state index is -0.500. The van der Waals surface area contributed by atoms with Crippen molar-refractivity contribution in [1.29, 1.82) is 0 Å². The number of carbonyl (C=O) groups excluding carboxylic acids is 1. The number of nitrogens with zero attached hydrogens (tertiary/aromatic N) is 3. The van der Waals surface area contributed by atoms with Crippen molar-refractivity contribution in [3.63, 3.8) is 0 Å². The number of aromatic nitrogens is 3. The number of carbonyl (C=O) groups is 1. The number of nitrogens with two attached hydrogens (primary N) is 1. The molecule has 7 nitrogen and oxygen atoms in total. The molecule has 0 spiro atoms. The summed E-state index contributed by atoms with van der Waals surface area (Å²) in [6.45, 7) is 6.08. The normalized spacial score (nSPS) is 14.3. The van der Waals surface area contributed by atoms with E-state index in [9.17, 15) is 9.59 Å². The van der Waals surface area contributed by atoms with Gasteiger partial charge in [-0.25, -0.2) is 9.48 Å². The Labute approximate surface area is 122 Å². The minimum Gasteiger partial charge on any atom is -0.348 e. The summed E-state index contributed by atoms with van der Waals surface area (Å²) in [5.74, 6) is -0.0913. The molecule has 1 amide bonds. The number of nitrogens with one attached hydrogen (secondary N) is 1. The van der Waals surface area contributed by atoms with E-state index in [4.69, 9.17) is 5.73 Å². The Morgan fingerprint density at radius 2 is 2.19 bits per heavy atom. The van der Waals surface area contributed by atoms with Crippen molar-refractivity contribution in [2.24, 2.45) is 11.7 Å². The van der Waals surface area contributed by atoms with Crippen LogP contribution in [0.1, 0.15) is 20.8 Å². The lowest BCUT2D eigenvalue weighted by Crippen LogP contribution is -2.56. The Hall–Kier alpha value is -2.15. The second-order valence-electron chi connectivity index (χ2n) is 5.69. The molecule has 1 unspecified atom stereocenters. The summed E-state index contributed by atoms with van der Waals surface area (Å²) < 4.78 is 2.56. The average Bonchev–Trinajstić information content (AvgIpc) is 2.75. The van der Waals surface area contributed by atoms with Crippen LogP contribution in [-0.4, -0.2) is 32.2 Å². The molecule has 21 heavy (non-hydrogen) atoms. The van der Waals surface area contributed by atoms with Gasteiger partial charge < -0.3 is 11.1 Å². The highest BCUT2D eigenvalue weighted by Crippen LogP contribution is 2.14. The van der Waals surface area contributed by atoms with Gasteiger partial charge in [-0.2, -0.15) is 0 Å². The van der Waals surface area contributed by atoms with E-state index in [1.165, 1.54) is 4.40 Å². The predicted octanol–water partition coefficient (Wildman–Crippen LogP) is -0.0144. The van der Waals surface area contributed by atoms with Gasteiger partial charge in [0.05, 0.1) is 5.54 Å². The maximum atomic E-state index is 12.1. The highest BCUT2D eigenvalue weighted by atomic mass is 16.2. The van der Waals surface area contributed by atoms with Gasteiger partial charge in [-0.15, -0.1) is 5.10 Å². The molecule has 0 aliphatic heterocycles. The number of fused-ring (bicyclic) bond motifs is 1. The Kier molecular flexibility index (Phi) is 4.13. The molecule has 2 aromatic rings. The Balaban J connectivity index is 2.19. The van der Waals surface area contributed by atoms with Gasteiger partial charge in [0.1, 0.15) is 6.54 Å². The molecular weight excluding hydrogens is 270 g/mol. The van der Waals surface area contributed by atoms with E-state index in [1.54, 1.807) is 24.4 Å². The Morgan fingerprint density at radius 1 is 1.48 bits per heavy atom. The zero-order valence-electron chi connectivity index (χ0n) is 12.5. The zero-order valence-corrected chi connectivity index (χ0v) is 12.5. The molecule has 0 aromatic carbocycles. The molecule has 3 N–H and O–H groups in total. The molecule has 0 aliphatic carbocycles. The van der Waals surface area contributed by atoms with E-state index >= 15 is 0 Å². The zero-order chi connectivity index (χ0) is 15.6. The molecule has 1 atom stereocenters. The van der Waals surface area contributed by atoms with Gasteiger partial charge >= 0.3 is 5.69 Å². The van der Waals surface area contributed by atoms with Crippen LogP contribution in [0.5, 0.6) is 0 Å². The van der Waals surface area contributed by atoms with E-state index in [2.05, 4.69) is 10.4 Å². The molecule has 0 saturated carbocycles. The summed E-state index contributed by atoms with van der Waals surface area (Å²) >= 11 is 0. The van der Waals surface area contributed by atoms with Crippen LogP contribution in [-0.2, 0) is 11.3 Å². The fourth-order valence-corrected chi connectivity index (χ4v) is 2.00. The summed E-state index contributed by atoms with van der Waals surface area (Å²) in [6, 6.07) is 5.25. The lowest BCUT2D eigenvalue weighted by atomic mass is 9.88. The van der Waals surface area contributed by atoms with Crippen molar-refractivity contribution in [3.8, 4) is 0 Å². The maximum absolute atomic E-state index is 12.1. The summed E-state index contributed by atoms with van der Waals surface area (Å²) in [5.41, 5.74) is 5.42. The smallest absolute Gasteiger partial charge is 0.348 e. The molecule has 0 radical (unpaired) electrons. The Bertz CT molecular complexity index is 703. The topological polar surface area (TPSA) is 94.4 Å². The van der Waals surface area contributed by atoms with Gasteiger partial charge in [0.2, 0.25) is 5.91 Å². The molecule has 0 saturated heterocycles. The summed E-state index contributed by atoms with van der Waals surface area (Å²) in [5, 5.41) is 7.02. The fraction of sp³-hybridized carbons (Fsp3) is 0.500. The number of pyridine rings is 1. The highest BCUT2D eigenvalue weighted by Gasteiger charge is 2.28. The van der Waals surface area contributed by atoms with Gasteiger partial charge in [0.25, 0.3) is 0 Å². The van der Waals surface area contributed by atoms with Crippen molar-refractivity contribution in [3.05, 3.63) is 34.9 Å². The van der Waals surface area contributed by atoms with Gasteiger partial charge in [0.15, 0.2) is 5.65 Å². The third-order valence-corrected chi connectivity index (χ3v) is 3.91. The standard InChI is InChI=1S/C14H21N5O2/c1-10(2)14(3,9-15)16-12(20)8-19-13(21)18-7-5-4-6-11(18)17-19/h4-7,10H,8-9,15H2,1-3H3,(H,16,20). The molecular formula is C14H21N5O2. The number of rotatable bonds is 5. The van der Waals surface area contributed by atoms with E-state index < -0.39 is 5.54 Å². The molecule has 2 heterocycles. The van der Waals surface area contributed by atoms with Crippen LogP contribution < -0.4 is 16.7 Å². The predicted molar refractivity (Wildman–Crippen MR) is 79.9 cm³/mol. The van der Waals surface area contributed by atoms with Gasteiger partial charge in [0, 0.05) is 12.7 Å². The van der Waals surface area contributed by atoms with Crippen LogP contribution >= 0.6 is 0 Å². The summed E-state index contributed by atoms with van der Waals surface area (Å²) in [7, 11) is 0. The quantitative estimate of drug-likeness (QED) is 0.810. The third kappa shape index (κ3) is 2.97. The number of hydrogen-bond donors (Lipinski definition) is 2. The lowest BCUT2D eigenvalue weighted by Gasteiger charge is -2.33. The maximum Gasteiger partial charge on any atom is 0.350 e. The van der Waals surface area contributed by atoms with Crippen molar-refractivity contribution in [2.45, 2.75) is 32.9 Å². The van der Waals surface area contributed by atoms with Crippen molar-refractivity contribution in [1.82, 2.24) is 19.5 Å². The first-order chi connectivity index (χ1) is 9.87. The summed E-state index contributed by atoms with van der Waals surface area (Å²) in [4.78, 5) is 24.2. The van der Waals surface area contributed by atoms with Crippen LogP contribution in [0, 0.1) is 5.92 Å². The van der Waals surface area contributed by atoms with Gasteiger partial charge in [-0.1, -0.05) is 19.9 Å². The van der Waals surface area contributed by atoms with Crippen LogP contribution in [0.2, 0.25) is 0 Å². The second-order valence-corrected chi connectivity index (χ2v) is 5.69. The van der Waals surface area contributed by atoms with Crippen molar-refractivity contribution >= 4 is 11.6 Å².